The smallest absolute Gasteiger partial charge is 0.293 e. The van der Waals surface area contributed by atoms with Crippen molar-refractivity contribution in [2.45, 2.75) is 0 Å². The zero-order valence-corrected chi connectivity index (χ0v) is 9.68. The molecule has 3 nitrogen and oxygen atoms in total. The van der Waals surface area contributed by atoms with E-state index in [9.17, 15) is 0 Å². The van der Waals surface area contributed by atoms with E-state index in [1.165, 1.54) is 11.6 Å². The summed E-state index contributed by atoms with van der Waals surface area (Å²) in [5, 5.41) is 5.43. The Morgan fingerprint density at radius 2 is 2.00 bits per heavy atom. The number of methoxy groups -OCH3 is 1. The van der Waals surface area contributed by atoms with Crippen LogP contribution in [0.25, 0.3) is 10.8 Å². The molecule has 0 spiro atoms. The zero-order chi connectivity index (χ0) is 12.1. The fourth-order valence-electron chi connectivity index (χ4n) is 1.67. The van der Waals surface area contributed by atoms with Gasteiger partial charge in [-0.2, -0.15) is 0 Å². The number of aliphatic imine (C=N–C) groups is 1. The van der Waals surface area contributed by atoms with Gasteiger partial charge in [-0.3, -0.25) is 0 Å². The van der Waals surface area contributed by atoms with E-state index < -0.39 is 0 Å². The summed E-state index contributed by atoms with van der Waals surface area (Å²) in [5.41, 5.74) is 0.963. The van der Waals surface area contributed by atoms with Crippen LogP contribution in [0.4, 0.5) is 5.69 Å². The molecule has 0 aromatic heterocycles. The van der Waals surface area contributed by atoms with Crippen molar-refractivity contribution in [1.82, 2.24) is 0 Å². The molecule has 0 amide bonds. The molecule has 0 saturated carbocycles. The molecule has 0 fully saturated rings. The fourth-order valence-corrected chi connectivity index (χ4v) is 1.67. The molecule has 86 valence electrons. The van der Waals surface area contributed by atoms with Crippen molar-refractivity contribution in [3.05, 3.63) is 55.2 Å². The van der Waals surface area contributed by atoms with Crippen LogP contribution in [0.3, 0.4) is 0 Å². The van der Waals surface area contributed by atoms with Crippen LogP contribution in [0.1, 0.15) is 0 Å². The molecule has 2 aromatic carbocycles. The molecule has 0 unspecified atom stereocenters. The molecule has 0 aliphatic carbocycles. The molecule has 0 atom stereocenters. The summed E-state index contributed by atoms with van der Waals surface area (Å²) >= 11 is 0. The summed E-state index contributed by atoms with van der Waals surface area (Å²) < 4.78 is 5.11. The van der Waals surface area contributed by atoms with Crippen LogP contribution >= 0.6 is 0 Å². The maximum Gasteiger partial charge on any atom is 0.293 e. The highest BCUT2D eigenvalue weighted by Crippen LogP contribution is 2.22. The summed E-state index contributed by atoms with van der Waals surface area (Å²) in [6.45, 7) is 3.54. The average Bonchev–Trinajstić information content (AvgIpc) is 2.38. The summed E-state index contributed by atoms with van der Waals surface area (Å²) in [5.74, 6) is 0. The number of fused-ring (bicyclic) bond motifs is 1. The molecular weight excluding hydrogens is 212 g/mol. The Hall–Kier alpha value is -2.29. The number of nitrogens with zero attached hydrogens (tertiary/aromatic N) is 1. The van der Waals surface area contributed by atoms with E-state index >= 15 is 0 Å². The Labute approximate surface area is 100 Å². The molecule has 0 saturated heterocycles. The number of amidine groups is 1. The van der Waals surface area contributed by atoms with E-state index in [1.807, 2.05) is 24.3 Å². The highest BCUT2D eigenvalue weighted by Gasteiger charge is 2.02. The third kappa shape index (κ3) is 2.45. The van der Waals surface area contributed by atoms with Gasteiger partial charge in [-0.1, -0.05) is 43.0 Å². The predicted octanol–water partition coefficient (Wildman–Crippen LogP) is 3.40. The first kappa shape index (κ1) is 11.2. The SMILES string of the molecule is C=CN=C(Nc1cccc2ccccc12)OC. The molecular formula is C14H14N2O. The van der Waals surface area contributed by atoms with Gasteiger partial charge in [-0.05, 0) is 11.5 Å². The van der Waals surface area contributed by atoms with Crippen molar-refractivity contribution in [3.63, 3.8) is 0 Å². The summed E-state index contributed by atoms with van der Waals surface area (Å²) in [7, 11) is 1.57. The lowest BCUT2D eigenvalue weighted by Crippen LogP contribution is -2.13. The van der Waals surface area contributed by atoms with Crippen LogP contribution in [0.2, 0.25) is 0 Å². The van der Waals surface area contributed by atoms with Crippen LogP contribution in [0.15, 0.2) is 60.2 Å². The van der Waals surface area contributed by atoms with Crippen molar-refractivity contribution >= 4 is 22.5 Å². The van der Waals surface area contributed by atoms with E-state index in [2.05, 4.69) is 35.1 Å². The van der Waals surface area contributed by atoms with Crippen LogP contribution in [0, 0.1) is 0 Å². The number of nitrogens with one attached hydrogen (secondary N) is 1. The van der Waals surface area contributed by atoms with Crippen molar-refractivity contribution in [2.24, 2.45) is 4.99 Å². The molecule has 3 heteroatoms. The van der Waals surface area contributed by atoms with E-state index in [0.717, 1.165) is 11.1 Å². The Morgan fingerprint density at radius 3 is 2.76 bits per heavy atom. The zero-order valence-electron chi connectivity index (χ0n) is 9.68. The second kappa shape index (κ2) is 5.16. The summed E-state index contributed by atoms with van der Waals surface area (Å²) in [6, 6.07) is 14.6. The van der Waals surface area contributed by atoms with Crippen LogP contribution in [-0.2, 0) is 4.74 Å². The number of hydrogen-bond donors (Lipinski definition) is 1. The Kier molecular flexibility index (Phi) is 3.40. The Balaban J connectivity index is 2.42. The van der Waals surface area contributed by atoms with Crippen molar-refractivity contribution in [3.8, 4) is 0 Å². The lowest BCUT2D eigenvalue weighted by Gasteiger charge is -2.10. The molecule has 0 aliphatic heterocycles. The first-order chi connectivity index (χ1) is 8.35. The van der Waals surface area contributed by atoms with Gasteiger partial charge in [0.05, 0.1) is 12.8 Å². The third-order valence-electron chi connectivity index (χ3n) is 2.43. The number of ether oxygens (including phenoxy) is 1. The van der Waals surface area contributed by atoms with E-state index in [4.69, 9.17) is 4.74 Å². The minimum atomic E-state index is 0.427. The molecule has 17 heavy (non-hydrogen) atoms. The number of rotatable bonds is 2. The second-order valence-electron chi connectivity index (χ2n) is 3.47. The monoisotopic (exact) mass is 226 g/mol. The maximum absolute atomic E-state index is 5.11. The van der Waals surface area contributed by atoms with E-state index in [0.29, 0.717) is 6.02 Å². The van der Waals surface area contributed by atoms with Crippen LogP contribution in [-0.4, -0.2) is 13.1 Å². The highest BCUT2D eigenvalue weighted by molar-refractivity contribution is 6.01. The quantitative estimate of drug-likeness (QED) is 0.629. The Morgan fingerprint density at radius 1 is 1.24 bits per heavy atom. The predicted molar refractivity (Wildman–Crippen MR) is 72.2 cm³/mol. The van der Waals surface area contributed by atoms with Gasteiger partial charge in [-0.15, -0.1) is 0 Å². The van der Waals surface area contributed by atoms with Gasteiger partial charge < -0.3 is 10.1 Å². The van der Waals surface area contributed by atoms with E-state index in [1.54, 1.807) is 7.11 Å². The first-order valence-electron chi connectivity index (χ1n) is 5.32. The fraction of sp³-hybridized carbons (Fsp3) is 0.0714. The van der Waals surface area contributed by atoms with Crippen molar-refractivity contribution < 1.29 is 4.74 Å². The van der Waals surface area contributed by atoms with Crippen molar-refractivity contribution in [1.29, 1.82) is 0 Å². The molecule has 0 aliphatic rings. The highest BCUT2D eigenvalue weighted by atomic mass is 16.5. The van der Waals surface area contributed by atoms with Gasteiger partial charge in [0.15, 0.2) is 0 Å². The molecule has 2 aromatic rings. The number of benzene rings is 2. The normalized spacial score (nSPS) is 11.2. The minimum Gasteiger partial charge on any atom is -0.468 e. The third-order valence-corrected chi connectivity index (χ3v) is 2.43. The molecule has 0 heterocycles. The van der Waals surface area contributed by atoms with Gasteiger partial charge in [0.1, 0.15) is 0 Å². The van der Waals surface area contributed by atoms with Crippen LogP contribution in [0.5, 0.6) is 0 Å². The van der Waals surface area contributed by atoms with Gasteiger partial charge in [0.25, 0.3) is 6.02 Å². The average molecular weight is 226 g/mol. The van der Waals surface area contributed by atoms with Crippen LogP contribution < -0.4 is 5.32 Å². The topological polar surface area (TPSA) is 33.6 Å². The standard InChI is InChI=1S/C14H14N2O/c1-3-15-14(17-2)16-13-10-6-8-11-7-4-5-9-12(11)13/h3-10H,1H2,2H3,(H,15,16). The first-order valence-corrected chi connectivity index (χ1v) is 5.32. The lowest BCUT2D eigenvalue weighted by atomic mass is 10.1. The largest absolute Gasteiger partial charge is 0.468 e. The summed E-state index contributed by atoms with van der Waals surface area (Å²) in [4.78, 5) is 3.99. The second-order valence-corrected chi connectivity index (χ2v) is 3.47. The van der Waals surface area contributed by atoms with Gasteiger partial charge in [0.2, 0.25) is 0 Å². The van der Waals surface area contributed by atoms with Gasteiger partial charge >= 0.3 is 0 Å². The number of hydrogen-bond acceptors (Lipinski definition) is 2. The summed E-state index contributed by atoms with van der Waals surface area (Å²) in [6.07, 6.45) is 1.44. The lowest BCUT2D eigenvalue weighted by molar-refractivity contribution is 0.402. The van der Waals surface area contributed by atoms with Crippen molar-refractivity contribution in [2.75, 3.05) is 12.4 Å². The van der Waals surface area contributed by atoms with E-state index in [-0.39, 0.29) is 0 Å². The molecule has 0 bridgehead atoms. The minimum absolute atomic E-state index is 0.427. The maximum atomic E-state index is 5.11. The number of anilines is 1. The van der Waals surface area contributed by atoms with Gasteiger partial charge in [0, 0.05) is 11.6 Å². The molecule has 1 N–H and O–H groups in total. The molecule has 0 radical (unpaired) electrons. The molecule has 2 rings (SSSR count). The Bertz CT molecular complexity index is 556. The van der Waals surface area contributed by atoms with Gasteiger partial charge in [-0.25, -0.2) is 4.99 Å².